The lowest BCUT2D eigenvalue weighted by atomic mass is 10.2. The first-order valence-corrected chi connectivity index (χ1v) is 6.14. The maximum absolute atomic E-state index is 11.7. The number of rotatable bonds is 8. The van der Waals surface area contributed by atoms with Crippen LogP contribution in [0.15, 0.2) is 0 Å². The van der Waals surface area contributed by atoms with E-state index in [4.69, 9.17) is 4.74 Å². The monoisotopic (exact) mass is 259 g/mol. The number of hydrogen-bond acceptors (Lipinski definition) is 4. The van der Waals surface area contributed by atoms with Gasteiger partial charge in [0, 0.05) is 34.4 Å². The van der Waals surface area contributed by atoms with Gasteiger partial charge in [-0.3, -0.25) is 14.9 Å². The summed E-state index contributed by atoms with van der Waals surface area (Å²) in [6.45, 7) is 4.69. The molecule has 6 heteroatoms. The molecule has 0 fully saturated rings. The Morgan fingerprint density at radius 1 is 1.22 bits per heavy atom. The van der Waals surface area contributed by atoms with Crippen molar-refractivity contribution in [3.8, 4) is 0 Å². The van der Waals surface area contributed by atoms with Crippen LogP contribution in [0.4, 0.5) is 0 Å². The molecule has 0 aromatic heterocycles. The van der Waals surface area contributed by atoms with E-state index >= 15 is 0 Å². The second kappa shape index (κ2) is 8.88. The Morgan fingerprint density at radius 3 is 2.33 bits per heavy atom. The number of nitrogens with one attached hydrogen (secondary N) is 2. The molecule has 0 saturated heterocycles. The lowest BCUT2D eigenvalue weighted by molar-refractivity contribution is -0.131. The van der Waals surface area contributed by atoms with Crippen molar-refractivity contribution in [2.45, 2.75) is 32.4 Å². The van der Waals surface area contributed by atoms with Gasteiger partial charge in [0.2, 0.25) is 11.8 Å². The quantitative estimate of drug-likeness (QED) is 0.582. The van der Waals surface area contributed by atoms with Gasteiger partial charge in [0.1, 0.15) is 0 Å². The van der Waals surface area contributed by atoms with Crippen LogP contribution in [0.3, 0.4) is 0 Å². The highest BCUT2D eigenvalue weighted by atomic mass is 16.5. The third kappa shape index (κ3) is 6.56. The van der Waals surface area contributed by atoms with Gasteiger partial charge < -0.3 is 15.0 Å². The van der Waals surface area contributed by atoms with Gasteiger partial charge in [0.05, 0.1) is 12.1 Å². The number of amides is 2. The summed E-state index contributed by atoms with van der Waals surface area (Å²) in [4.78, 5) is 24.8. The number of ether oxygens (including phenoxy) is 1. The summed E-state index contributed by atoms with van der Waals surface area (Å²) in [5, 5.41) is 5.75. The molecule has 2 atom stereocenters. The van der Waals surface area contributed by atoms with Crippen molar-refractivity contribution in [3.05, 3.63) is 0 Å². The van der Waals surface area contributed by atoms with Crippen molar-refractivity contribution in [3.63, 3.8) is 0 Å². The first-order chi connectivity index (χ1) is 8.40. The largest absolute Gasteiger partial charge is 0.385 e. The Balaban J connectivity index is 3.96. The first kappa shape index (κ1) is 16.9. The minimum atomic E-state index is -0.397. The fourth-order valence-corrected chi connectivity index (χ4v) is 1.49. The number of likely N-dealkylation sites (N-methyl/N-ethyl adjacent to an activating group) is 1. The van der Waals surface area contributed by atoms with Gasteiger partial charge in [-0.25, -0.2) is 0 Å². The molecule has 6 nitrogen and oxygen atoms in total. The lowest BCUT2D eigenvalue weighted by Crippen LogP contribution is -2.50. The highest BCUT2D eigenvalue weighted by Crippen LogP contribution is 1.92. The molecule has 2 unspecified atom stereocenters. The van der Waals surface area contributed by atoms with Crippen molar-refractivity contribution < 1.29 is 14.3 Å². The van der Waals surface area contributed by atoms with E-state index in [1.165, 1.54) is 4.90 Å². The predicted octanol–water partition coefficient (Wildman–Crippen LogP) is -0.406. The molecule has 0 rings (SSSR count). The zero-order valence-corrected chi connectivity index (χ0v) is 11.9. The van der Waals surface area contributed by atoms with E-state index < -0.39 is 6.04 Å². The van der Waals surface area contributed by atoms with Gasteiger partial charge in [0.15, 0.2) is 0 Å². The highest BCUT2D eigenvalue weighted by molar-refractivity contribution is 5.84. The van der Waals surface area contributed by atoms with Gasteiger partial charge >= 0.3 is 0 Å². The Kier molecular flexibility index (Phi) is 8.32. The fourth-order valence-electron chi connectivity index (χ4n) is 1.49. The van der Waals surface area contributed by atoms with E-state index in [1.807, 2.05) is 0 Å². The molecule has 0 saturated carbocycles. The van der Waals surface area contributed by atoms with Gasteiger partial charge in [-0.2, -0.15) is 0 Å². The van der Waals surface area contributed by atoms with Gasteiger partial charge in [-0.15, -0.1) is 0 Å². The lowest BCUT2D eigenvalue weighted by Gasteiger charge is -2.21. The van der Waals surface area contributed by atoms with Crippen LogP contribution in [-0.2, 0) is 14.3 Å². The second-order valence-corrected chi connectivity index (χ2v) is 4.48. The second-order valence-electron chi connectivity index (χ2n) is 4.48. The Hall–Kier alpha value is -1.14. The molecule has 0 aromatic carbocycles. The first-order valence-electron chi connectivity index (χ1n) is 6.14. The van der Waals surface area contributed by atoms with Crippen molar-refractivity contribution >= 4 is 11.8 Å². The van der Waals surface area contributed by atoms with E-state index in [2.05, 4.69) is 10.6 Å². The Bertz CT molecular complexity index is 269. The van der Waals surface area contributed by atoms with Crippen LogP contribution < -0.4 is 10.6 Å². The van der Waals surface area contributed by atoms with Crippen molar-refractivity contribution in [2.75, 3.05) is 34.4 Å². The number of methoxy groups -OCH3 is 1. The molecule has 0 aliphatic carbocycles. The van der Waals surface area contributed by atoms with Crippen molar-refractivity contribution in [2.24, 2.45) is 0 Å². The van der Waals surface area contributed by atoms with E-state index in [0.29, 0.717) is 13.2 Å². The van der Waals surface area contributed by atoms with Crippen LogP contribution in [0.1, 0.15) is 20.3 Å². The third-order valence-electron chi connectivity index (χ3n) is 2.53. The fraction of sp³-hybridized carbons (Fsp3) is 0.833. The molecule has 0 aromatic rings. The molecular weight excluding hydrogens is 234 g/mol. The standard InChI is InChI=1S/C12H25N3O3/c1-9(11(16)13-7-6-8-18-5)14-10(2)12(17)15(3)4/h9-10,14H,6-8H2,1-5H3,(H,13,16). The summed E-state index contributed by atoms with van der Waals surface area (Å²) < 4.78 is 4.89. The Labute approximate surface area is 109 Å². The zero-order valence-electron chi connectivity index (χ0n) is 11.9. The molecule has 2 N–H and O–H groups in total. The number of carbonyl (C=O) groups excluding carboxylic acids is 2. The minimum absolute atomic E-state index is 0.0472. The topological polar surface area (TPSA) is 70.7 Å². The van der Waals surface area contributed by atoms with Crippen molar-refractivity contribution in [1.29, 1.82) is 0 Å². The summed E-state index contributed by atoms with van der Waals surface area (Å²) in [6, 6.07) is -0.772. The van der Waals surface area contributed by atoms with Gasteiger partial charge in [0.25, 0.3) is 0 Å². The molecule has 0 radical (unpaired) electrons. The molecule has 106 valence electrons. The normalized spacial score (nSPS) is 13.8. The average Bonchev–Trinajstić information content (AvgIpc) is 2.32. The van der Waals surface area contributed by atoms with Crippen LogP contribution in [0, 0.1) is 0 Å². The maximum Gasteiger partial charge on any atom is 0.238 e. The van der Waals surface area contributed by atoms with E-state index in [0.717, 1.165) is 6.42 Å². The highest BCUT2D eigenvalue weighted by Gasteiger charge is 2.20. The number of nitrogens with zero attached hydrogens (tertiary/aromatic N) is 1. The van der Waals surface area contributed by atoms with Crippen molar-refractivity contribution in [1.82, 2.24) is 15.5 Å². The smallest absolute Gasteiger partial charge is 0.238 e. The van der Waals surface area contributed by atoms with E-state index in [-0.39, 0.29) is 17.9 Å². The van der Waals surface area contributed by atoms with E-state index in [1.54, 1.807) is 35.1 Å². The summed E-state index contributed by atoms with van der Waals surface area (Å²) in [7, 11) is 5.01. The number of carbonyl (C=O) groups is 2. The van der Waals surface area contributed by atoms with Crippen LogP contribution in [0.2, 0.25) is 0 Å². The number of hydrogen-bond donors (Lipinski definition) is 2. The summed E-state index contributed by atoms with van der Waals surface area (Å²) in [5.41, 5.74) is 0. The molecule has 0 spiro atoms. The third-order valence-corrected chi connectivity index (χ3v) is 2.53. The van der Waals surface area contributed by atoms with Crippen LogP contribution >= 0.6 is 0 Å². The minimum Gasteiger partial charge on any atom is -0.385 e. The summed E-state index contributed by atoms with van der Waals surface area (Å²) in [6.07, 6.45) is 0.779. The zero-order chi connectivity index (χ0) is 14.1. The average molecular weight is 259 g/mol. The summed E-state index contributed by atoms with van der Waals surface area (Å²) in [5.74, 6) is -0.154. The van der Waals surface area contributed by atoms with Gasteiger partial charge in [-0.05, 0) is 20.3 Å². The van der Waals surface area contributed by atoms with Crippen LogP contribution in [0.5, 0.6) is 0 Å². The predicted molar refractivity (Wildman–Crippen MR) is 70.3 cm³/mol. The molecule has 0 aliphatic rings. The van der Waals surface area contributed by atoms with Crippen LogP contribution in [0.25, 0.3) is 0 Å². The molecule has 2 amide bonds. The molecule has 18 heavy (non-hydrogen) atoms. The molecule has 0 aliphatic heterocycles. The SMILES string of the molecule is COCCCNC(=O)C(C)NC(C)C(=O)N(C)C. The summed E-state index contributed by atoms with van der Waals surface area (Å²) >= 11 is 0. The molecule has 0 bridgehead atoms. The Morgan fingerprint density at radius 2 is 1.83 bits per heavy atom. The molecular formula is C12H25N3O3. The van der Waals surface area contributed by atoms with Crippen LogP contribution in [-0.4, -0.2) is 63.2 Å². The maximum atomic E-state index is 11.7. The molecule has 0 heterocycles. The van der Waals surface area contributed by atoms with E-state index in [9.17, 15) is 9.59 Å². The van der Waals surface area contributed by atoms with Gasteiger partial charge in [-0.1, -0.05) is 0 Å².